The monoisotopic (exact) mass is 544 g/mol. The fourth-order valence-electron chi connectivity index (χ4n) is 4.65. The van der Waals surface area contributed by atoms with Gasteiger partial charge in [-0.1, -0.05) is 0 Å². The number of carbonyl (C=O) groups is 1. The zero-order valence-corrected chi connectivity index (χ0v) is 21.2. The van der Waals surface area contributed by atoms with Crippen LogP contribution in [0.5, 0.6) is 0 Å². The Morgan fingerprint density at radius 2 is 1.39 bits per heavy atom. The summed E-state index contributed by atoms with van der Waals surface area (Å²) in [5, 5.41) is 0. The fourth-order valence-corrected chi connectivity index (χ4v) is 4.65. The van der Waals surface area contributed by atoms with E-state index in [2.05, 4.69) is 33.6 Å². The molecule has 0 radical (unpaired) electrons. The summed E-state index contributed by atoms with van der Waals surface area (Å²) in [4.78, 5) is 29.3. The zero-order chi connectivity index (χ0) is 27.7. The van der Waals surface area contributed by atoms with Crippen LogP contribution < -0.4 is 4.90 Å². The van der Waals surface area contributed by atoms with Crippen molar-refractivity contribution in [3.63, 3.8) is 0 Å². The highest BCUT2D eigenvalue weighted by Gasteiger charge is 2.37. The number of aromatic nitrogens is 2. The average Bonchev–Trinajstić information content (AvgIpc) is 2.88. The maximum Gasteiger partial charge on any atom is 0.416 e. The smallest absolute Gasteiger partial charge is 0.353 e. The second-order valence-electron chi connectivity index (χ2n) is 9.83. The molecule has 0 saturated carbocycles. The van der Waals surface area contributed by atoms with Crippen molar-refractivity contribution >= 4 is 11.7 Å². The minimum absolute atomic E-state index is 0.0844. The van der Waals surface area contributed by atoms with Crippen LogP contribution in [0.4, 0.5) is 32.2 Å². The molecule has 1 amide bonds. The Morgan fingerprint density at radius 3 is 1.87 bits per heavy atom. The molecule has 7 nitrogen and oxygen atoms in total. The van der Waals surface area contributed by atoms with Crippen LogP contribution >= 0.6 is 0 Å². The third-order valence-electron chi connectivity index (χ3n) is 6.97. The lowest BCUT2D eigenvalue weighted by molar-refractivity contribution is -0.143. The van der Waals surface area contributed by atoms with Crippen LogP contribution in [0, 0.1) is 0 Å². The number of nitrogens with zero attached hydrogens (tertiary/aromatic N) is 6. The van der Waals surface area contributed by atoms with Gasteiger partial charge in [0, 0.05) is 64.0 Å². The summed E-state index contributed by atoms with van der Waals surface area (Å²) in [6.07, 6.45) is -7.35. The Kier molecular flexibility index (Phi) is 8.17. The first-order valence-electron chi connectivity index (χ1n) is 12.4. The van der Waals surface area contributed by atoms with Crippen LogP contribution in [0.25, 0.3) is 11.3 Å². The maximum absolute atomic E-state index is 13.2. The molecule has 2 fully saturated rings. The molecule has 13 heteroatoms. The summed E-state index contributed by atoms with van der Waals surface area (Å²) in [5.74, 6) is 0.567. The minimum atomic E-state index is -4.94. The number of amides is 1. The van der Waals surface area contributed by atoms with E-state index in [9.17, 15) is 31.1 Å². The molecule has 38 heavy (non-hydrogen) atoms. The van der Waals surface area contributed by atoms with Crippen molar-refractivity contribution in [2.24, 2.45) is 0 Å². The van der Waals surface area contributed by atoms with E-state index in [1.54, 1.807) is 0 Å². The molecule has 4 rings (SSSR count). The molecule has 0 N–H and O–H groups in total. The fraction of sp³-hybridized carbons (Fsp3) is 0.560. The van der Waals surface area contributed by atoms with Gasteiger partial charge < -0.3 is 9.80 Å². The van der Waals surface area contributed by atoms with E-state index in [0.717, 1.165) is 26.2 Å². The first-order chi connectivity index (χ1) is 17.8. The van der Waals surface area contributed by atoms with Crippen molar-refractivity contribution in [2.75, 3.05) is 63.8 Å². The maximum atomic E-state index is 13.2. The van der Waals surface area contributed by atoms with E-state index in [-0.39, 0.29) is 23.2 Å². The van der Waals surface area contributed by atoms with Crippen LogP contribution in [0.1, 0.15) is 25.0 Å². The molecule has 2 aliphatic rings. The Balaban J connectivity index is 1.35. The minimum Gasteiger partial charge on any atom is -0.353 e. The number of alkyl halides is 6. The molecule has 2 aliphatic heterocycles. The number of halogens is 6. The van der Waals surface area contributed by atoms with Gasteiger partial charge in [-0.2, -0.15) is 26.3 Å². The zero-order valence-electron chi connectivity index (χ0n) is 21.2. The number of rotatable bonds is 5. The molecular weight excluding hydrogens is 514 g/mol. The Morgan fingerprint density at radius 1 is 0.816 bits per heavy atom. The van der Waals surface area contributed by atoms with Gasteiger partial charge in [0.2, 0.25) is 5.91 Å². The molecule has 0 aliphatic carbocycles. The van der Waals surface area contributed by atoms with Gasteiger partial charge in [-0.25, -0.2) is 4.98 Å². The predicted octanol–water partition coefficient (Wildman–Crippen LogP) is 3.86. The summed E-state index contributed by atoms with van der Waals surface area (Å²) in [6, 6.07) is 1.82. The Hall–Kier alpha value is -2.93. The first-order valence-corrected chi connectivity index (χ1v) is 12.4. The van der Waals surface area contributed by atoms with Crippen molar-refractivity contribution < 1.29 is 31.1 Å². The number of carbonyl (C=O) groups excluding carboxylic acids is 1. The van der Waals surface area contributed by atoms with E-state index >= 15 is 0 Å². The van der Waals surface area contributed by atoms with E-state index in [4.69, 9.17) is 0 Å². The van der Waals surface area contributed by atoms with Gasteiger partial charge >= 0.3 is 12.4 Å². The number of benzene rings is 1. The molecule has 2 aromatic rings. The lowest BCUT2D eigenvalue weighted by Crippen LogP contribution is -2.54. The third kappa shape index (κ3) is 6.73. The summed E-state index contributed by atoms with van der Waals surface area (Å²) >= 11 is 0. The van der Waals surface area contributed by atoms with Gasteiger partial charge in [-0.05, 0) is 32.0 Å². The summed E-state index contributed by atoms with van der Waals surface area (Å²) < 4.78 is 79.1. The molecule has 3 heterocycles. The molecular formula is C25H30F6N6O. The van der Waals surface area contributed by atoms with Crippen LogP contribution in [-0.4, -0.2) is 95.5 Å². The van der Waals surface area contributed by atoms with Gasteiger partial charge in [0.15, 0.2) is 0 Å². The van der Waals surface area contributed by atoms with E-state index < -0.39 is 23.5 Å². The normalized spacial score (nSPS) is 18.3. The van der Waals surface area contributed by atoms with Crippen LogP contribution in [-0.2, 0) is 17.1 Å². The topological polar surface area (TPSA) is 55.8 Å². The number of hydrogen-bond donors (Lipinski definition) is 0. The second kappa shape index (κ2) is 11.0. The largest absolute Gasteiger partial charge is 0.416 e. The van der Waals surface area contributed by atoms with Crippen molar-refractivity contribution in [1.29, 1.82) is 0 Å². The predicted molar refractivity (Wildman–Crippen MR) is 129 cm³/mol. The van der Waals surface area contributed by atoms with Crippen molar-refractivity contribution in [3.8, 4) is 11.3 Å². The first kappa shape index (κ1) is 28.1. The number of anilines is 1. The van der Waals surface area contributed by atoms with Crippen LogP contribution in [0.2, 0.25) is 0 Å². The van der Waals surface area contributed by atoms with Crippen molar-refractivity contribution in [3.05, 3.63) is 41.7 Å². The third-order valence-corrected chi connectivity index (χ3v) is 6.97. The molecule has 208 valence electrons. The van der Waals surface area contributed by atoms with Gasteiger partial charge in [-0.15, -0.1) is 0 Å². The van der Waals surface area contributed by atoms with E-state index in [1.807, 2.05) is 9.80 Å². The molecule has 0 atom stereocenters. The molecule has 0 bridgehead atoms. The van der Waals surface area contributed by atoms with Crippen molar-refractivity contribution in [1.82, 2.24) is 24.7 Å². The molecule has 1 aromatic carbocycles. The van der Waals surface area contributed by atoms with Gasteiger partial charge in [0.1, 0.15) is 5.82 Å². The quantitative estimate of drug-likeness (QED) is 0.534. The standard InChI is InChI=1S/C25H30F6N6O/c1-17(2)35-7-9-37(10-8-35)23(38)16-34-3-5-36(6-4-34)22-15-32-21(14-33-22)18-11-19(24(26,27)28)13-20(12-18)25(29,30)31/h11-15,17H,3-10,16H2,1-2H3. The second-order valence-corrected chi connectivity index (χ2v) is 9.83. The molecule has 1 aromatic heterocycles. The van der Waals surface area contributed by atoms with Gasteiger partial charge in [0.05, 0.1) is 35.8 Å². The van der Waals surface area contributed by atoms with E-state index in [0.29, 0.717) is 56.7 Å². The highest BCUT2D eigenvalue weighted by molar-refractivity contribution is 5.78. The van der Waals surface area contributed by atoms with Gasteiger partial charge in [0.25, 0.3) is 0 Å². The Bertz CT molecular complexity index is 1070. The highest BCUT2D eigenvalue weighted by atomic mass is 19.4. The van der Waals surface area contributed by atoms with Gasteiger partial charge in [-0.3, -0.25) is 19.6 Å². The Labute approximate surface area is 217 Å². The highest BCUT2D eigenvalue weighted by Crippen LogP contribution is 2.38. The van der Waals surface area contributed by atoms with Crippen LogP contribution in [0.3, 0.4) is 0 Å². The summed E-state index contributed by atoms with van der Waals surface area (Å²) in [5.41, 5.74) is -3.21. The number of piperazine rings is 2. The molecule has 0 unspecified atom stereocenters. The average molecular weight is 545 g/mol. The van der Waals surface area contributed by atoms with Crippen LogP contribution in [0.15, 0.2) is 30.6 Å². The molecule has 0 spiro atoms. The summed E-state index contributed by atoms with van der Waals surface area (Å²) in [6.45, 7) is 10.1. The summed E-state index contributed by atoms with van der Waals surface area (Å²) in [7, 11) is 0. The van der Waals surface area contributed by atoms with Crippen molar-refractivity contribution in [2.45, 2.75) is 32.2 Å². The molecule has 2 saturated heterocycles. The van der Waals surface area contributed by atoms with E-state index in [1.165, 1.54) is 12.4 Å². The lowest BCUT2D eigenvalue weighted by atomic mass is 10.0. The SMILES string of the molecule is CC(C)N1CCN(C(=O)CN2CCN(c3cnc(-c4cc(C(F)(F)F)cc(C(F)(F)F)c4)cn3)CC2)CC1. The lowest BCUT2D eigenvalue weighted by Gasteiger charge is -2.39. The number of hydrogen-bond acceptors (Lipinski definition) is 6.